The van der Waals surface area contributed by atoms with Gasteiger partial charge in [0.2, 0.25) is 0 Å². The van der Waals surface area contributed by atoms with Crippen molar-refractivity contribution < 1.29 is 0 Å². The second-order valence-corrected chi connectivity index (χ2v) is 20.2. The van der Waals surface area contributed by atoms with E-state index in [0.29, 0.717) is 0 Å². The normalized spacial score (nSPS) is 11.2. The van der Waals surface area contributed by atoms with Crippen LogP contribution in [0.25, 0.3) is 99.6 Å². The minimum absolute atomic E-state index is 0.846. The molecule has 14 rings (SSSR count). The monoisotopic (exact) mass is 1020 g/mol. The molecule has 0 amide bonds. The summed E-state index contributed by atoms with van der Waals surface area (Å²) in [5, 5.41) is 4.98. The fourth-order valence-electron chi connectivity index (χ4n) is 11.0. The predicted octanol–water partition coefficient (Wildman–Crippen LogP) is 20.9. The van der Waals surface area contributed by atoms with E-state index < -0.39 is 0 Å². The molecule has 14 aromatic rings. The van der Waals surface area contributed by atoms with Crippen molar-refractivity contribution in [2.75, 3.05) is 9.80 Å². The van der Waals surface area contributed by atoms with Crippen LogP contribution in [0.2, 0.25) is 0 Å². The maximum Gasteiger partial charge on any atom is 0.0973 e. The maximum atomic E-state index is 5.26. The lowest BCUT2D eigenvalue weighted by Gasteiger charge is -2.26. The Balaban J connectivity index is 0.717. The Bertz CT molecular complexity index is 4170. The molecule has 4 nitrogen and oxygen atoms in total. The zero-order chi connectivity index (χ0) is 53.2. The van der Waals surface area contributed by atoms with Crippen molar-refractivity contribution in [2.24, 2.45) is 0 Å². The molecule has 0 aliphatic rings. The van der Waals surface area contributed by atoms with Crippen molar-refractivity contribution >= 4 is 66.7 Å². The predicted molar refractivity (Wildman–Crippen MR) is 337 cm³/mol. The third-order valence-electron chi connectivity index (χ3n) is 15.3. The molecule has 376 valence electrons. The molecular weight excluding hydrogens is 969 g/mol. The van der Waals surface area contributed by atoms with Gasteiger partial charge in [-0.2, -0.15) is 0 Å². The van der Waals surface area contributed by atoms with Crippen molar-refractivity contribution in [1.82, 2.24) is 9.97 Å². The quantitative estimate of drug-likeness (QED) is 0.122. The molecular formula is C76H52N4. The van der Waals surface area contributed by atoms with Gasteiger partial charge in [0.25, 0.3) is 0 Å². The molecule has 0 saturated heterocycles. The van der Waals surface area contributed by atoms with Gasteiger partial charge in [0.1, 0.15) is 0 Å². The van der Waals surface area contributed by atoms with E-state index in [1.54, 1.807) is 0 Å². The van der Waals surface area contributed by atoms with E-state index in [0.717, 1.165) is 89.9 Å². The molecule has 0 N–H and O–H groups in total. The lowest BCUT2D eigenvalue weighted by molar-refractivity contribution is 1.28. The Morgan fingerprint density at radius 1 is 0.175 bits per heavy atom. The average molecular weight is 1020 g/mol. The number of aromatic nitrogens is 2. The number of para-hydroxylation sites is 4. The van der Waals surface area contributed by atoms with E-state index >= 15 is 0 Å². The van der Waals surface area contributed by atoms with Crippen molar-refractivity contribution in [3.8, 4) is 67.0 Å². The Morgan fingerprint density at radius 3 is 0.750 bits per heavy atom. The minimum atomic E-state index is 0.846. The molecule has 0 aliphatic heterocycles. The van der Waals surface area contributed by atoms with E-state index in [1.165, 1.54) is 43.8 Å². The number of rotatable bonds is 12. The van der Waals surface area contributed by atoms with Gasteiger partial charge in [0.15, 0.2) is 0 Å². The zero-order valence-corrected chi connectivity index (χ0v) is 43.8. The molecule has 0 spiro atoms. The summed E-state index contributed by atoms with van der Waals surface area (Å²) >= 11 is 0. The van der Waals surface area contributed by atoms with Crippen molar-refractivity contribution in [2.45, 2.75) is 0 Å². The summed E-state index contributed by atoms with van der Waals surface area (Å²) < 4.78 is 0. The summed E-state index contributed by atoms with van der Waals surface area (Å²) in [4.78, 5) is 15.2. The average Bonchev–Trinajstić information content (AvgIpc) is 3.58. The highest BCUT2D eigenvalue weighted by Crippen LogP contribution is 2.40. The van der Waals surface area contributed by atoms with Crippen LogP contribution in [0, 0.1) is 0 Å². The Morgan fingerprint density at radius 2 is 0.412 bits per heavy atom. The largest absolute Gasteiger partial charge is 0.311 e. The molecule has 0 bridgehead atoms. The van der Waals surface area contributed by atoms with Gasteiger partial charge < -0.3 is 9.80 Å². The number of benzene rings is 13. The lowest BCUT2D eigenvalue weighted by atomic mass is 9.98. The second kappa shape index (κ2) is 21.0. The minimum Gasteiger partial charge on any atom is -0.311 e. The highest BCUT2D eigenvalue weighted by atomic mass is 15.1. The van der Waals surface area contributed by atoms with Crippen LogP contribution in [-0.4, -0.2) is 9.97 Å². The number of fused-ring (bicyclic) bond motifs is 3. The number of nitrogens with zero attached hydrogens (tertiary/aromatic N) is 4. The van der Waals surface area contributed by atoms with Crippen LogP contribution >= 0.6 is 0 Å². The van der Waals surface area contributed by atoms with E-state index in [-0.39, 0.29) is 0 Å². The molecule has 0 fully saturated rings. The Kier molecular flexibility index (Phi) is 12.6. The third kappa shape index (κ3) is 9.52. The summed E-state index contributed by atoms with van der Waals surface area (Å²) in [5.41, 5.74) is 21.3. The van der Waals surface area contributed by atoms with Crippen molar-refractivity contribution in [3.05, 3.63) is 315 Å². The second-order valence-electron chi connectivity index (χ2n) is 20.2. The van der Waals surface area contributed by atoms with E-state index in [2.05, 4.69) is 301 Å². The van der Waals surface area contributed by atoms with Crippen LogP contribution in [0.4, 0.5) is 34.1 Å². The molecule has 13 aromatic carbocycles. The van der Waals surface area contributed by atoms with Crippen LogP contribution in [0.15, 0.2) is 315 Å². The summed E-state index contributed by atoms with van der Waals surface area (Å²) in [6.45, 7) is 0. The zero-order valence-electron chi connectivity index (χ0n) is 43.8. The van der Waals surface area contributed by atoms with E-state index in [1.807, 2.05) is 24.3 Å². The van der Waals surface area contributed by atoms with Crippen LogP contribution in [-0.2, 0) is 0 Å². The first-order valence-corrected chi connectivity index (χ1v) is 27.2. The third-order valence-corrected chi connectivity index (χ3v) is 15.3. The van der Waals surface area contributed by atoms with Gasteiger partial charge in [0, 0.05) is 45.3 Å². The van der Waals surface area contributed by atoms with Gasteiger partial charge in [0.05, 0.1) is 22.4 Å². The lowest BCUT2D eigenvalue weighted by Crippen LogP contribution is -2.09. The van der Waals surface area contributed by atoms with Gasteiger partial charge in [-0.1, -0.05) is 218 Å². The van der Waals surface area contributed by atoms with E-state index in [9.17, 15) is 0 Å². The molecule has 4 heteroatoms. The summed E-state index contributed by atoms with van der Waals surface area (Å²) in [6.07, 6.45) is 0. The Labute approximate surface area is 466 Å². The summed E-state index contributed by atoms with van der Waals surface area (Å²) in [5.74, 6) is 0. The van der Waals surface area contributed by atoms with Crippen molar-refractivity contribution in [3.63, 3.8) is 0 Å². The first kappa shape index (κ1) is 47.7. The number of hydrogen-bond acceptors (Lipinski definition) is 4. The molecule has 1 heterocycles. The van der Waals surface area contributed by atoms with Crippen LogP contribution in [0.5, 0.6) is 0 Å². The first-order chi connectivity index (χ1) is 39.6. The molecule has 1 aromatic heterocycles. The maximum absolute atomic E-state index is 5.26. The molecule has 0 unspecified atom stereocenters. The smallest absolute Gasteiger partial charge is 0.0973 e. The van der Waals surface area contributed by atoms with Crippen LogP contribution in [0.1, 0.15) is 0 Å². The molecule has 0 aliphatic carbocycles. The highest BCUT2D eigenvalue weighted by Gasteiger charge is 2.18. The highest BCUT2D eigenvalue weighted by molar-refractivity contribution is 5.91. The van der Waals surface area contributed by atoms with Gasteiger partial charge >= 0.3 is 0 Å². The van der Waals surface area contributed by atoms with Gasteiger partial charge in [-0.3, -0.25) is 0 Å². The molecule has 80 heavy (non-hydrogen) atoms. The topological polar surface area (TPSA) is 32.3 Å². The molecule has 0 radical (unpaired) electrons. The van der Waals surface area contributed by atoms with Crippen molar-refractivity contribution in [1.29, 1.82) is 0 Å². The SMILES string of the molecule is c1ccc(N(c2ccc(-c3ccc(-c4nc5ccccc5nc4-c4ccc(-c5ccc(N(c6ccccc6)c6ccc(-c7ccc8ccccc8c7)cc6)cc5)cc4)cc3)cc2)c2ccc(-c3ccc4ccccc4c3)cc2)cc1. The van der Waals surface area contributed by atoms with Gasteiger partial charge in [-0.25, -0.2) is 9.97 Å². The van der Waals surface area contributed by atoms with Gasteiger partial charge in [-0.05, 0) is 163 Å². The molecule has 0 atom stereocenters. The molecule has 0 saturated carbocycles. The standard InChI is InChI=1S/C76H52N4/c1-3-17-67(18-4-1)79(71-47-39-59(40-48-71)65-33-27-53-13-7-9-15-63(53)51-65)69-43-35-57(36-44-69)55-23-29-61(30-24-55)75-76(78-74-22-12-11-21-73(74)77-75)62-31-25-56(26-32-62)58-37-45-70(46-38-58)80(68-19-5-2-6-20-68)72-49-41-60(42-50-72)66-34-28-54-14-8-10-16-64(54)52-66/h1-52H. The number of anilines is 6. The van der Waals surface area contributed by atoms with Crippen LogP contribution < -0.4 is 9.80 Å². The fourth-order valence-corrected chi connectivity index (χ4v) is 11.0. The summed E-state index contributed by atoms with van der Waals surface area (Å²) in [6, 6.07) is 113. The summed E-state index contributed by atoms with van der Waals surface area (Å²) in [7, 11) is 0. The van der Waals surface area contributed by atoms with E-state index in [4.69, 9.17) is 9.97 Å². The number of hydrogen-bond donors (Lipinski definition) is 0. The first-order valence-electron chi connectivity index (χ1n) is 27.2. The van der Waals surface area contributed by atoms with Gasteiger partial charge in [-0.15, -0.1) is 0 Å². The fraction of sp³-hybridized carbons (Fsp3) is 0. The van der Waals surface area contributed by atoms with Crippen LogP contribution in [0.3, 0.4) is 0 Å². The Hall–Kier alpha value is -10.7.